The Kier molecular flexibility index (Phi) is 5.18. The van der Waals surface area contributed by atoms with Gasteiger partial charge in [-0.1, -0.05) is 35.9 Å². The summed E-state index contributed by atoms with van der Waals surface area (Å²) < 4.78 is 5.79. The van der Waals surface area contributed by atoms with Gasteiger partial charge < -0.3 is 4.42 Å². The highest BCUT2D eigenvalue weighted by Gasteiger charge is 2.09. The van der Waals surface area contributed by atoms with Gasteiger partial charge in [0.1, 0.15) is 5.52 Å². The van der Waals surface area contributed by atoms with Crippen molar-refractivity contribution in [3.8, 4) is 11.5 Å². The van der Waals surface area contributed by atoms with E-state index in [1.807, 2.05) is 30.3 Å². The fraction of sp³-hybridized carbons (Fsp3) is 0. The molecule has 3 aromatic carbocycles. The highest BCUT2D eigenvalue weighted by atomic mass is 35.5. The van der Waals surface area contributed by atoms with Crippen LogP contribution in [-0.4, -0.2) is 16.1 Å². The van der Waals surface area contributed by atoms with Crippen molar-refractivity contribution in [1.29, 1.82) is 0 Å². The van der Waals surface area contributed by atoms with E-state index in [9.17, 15) is 10.1 Å². The van der Waals surface area contributed by atoms with Gasteiger partial charge in [0.2, 0.25) is 5.89 Å². The van der Waals surface area contributed by atoms with Gasteiger partial charge in [-0.15, -0.1) is 0 Å². The Bertz CT molecular complexity index is 1260. The van der Waals surface area contributed by atoms with Gasteiger partial charge in [0, 0.05) is 28.9 Å². The van der Waals surface area contributed by atoms with Crippen molar-refractivity contribution in [3.63, 3.8) is 0 Å². The zero-order valence-electron chi connectivity index (χ0n) is 15.0. The fourth-order valence-electron chi connectivity index (χ4n) is 2.77. The summed E-state index contributed by atoms with van der Waals surface area (Å²) in [4.78, 5) is 19.3. The maximum absolute atomic E-state index is 10.8. The van der Waals surface area contributed by atoms with Crippen molar-refractivity contribution in [2.24, 2.45) is 4.99 Å². The van der Waals surface area contributed by atoms with Crippen molar-refractivity contribution in [1.82, 2.24) is 4.98 Å². The van der Waals surface area contributed by atoms with Gasteiger partial charge in [-0.25, -0.2) is 4.98 Å². The van der Waals surface area contributed by atoms with Gasteiger partial charge in [0.15, 0.2) is 5.58 Å². The van der Waals surface area contributed by atoms with Crippen LogP contribution in [0.1, 0.15) is 5.56 Å². The number of benzene rings is 3. The number of hydrogen-bond donors (Lipinski definition) is 0. The standard InChI is InChI=1S/C22H14ClN3O3/c23-17-7-2-6-16(13-17)22-25-20-14-18(9-10-21(20)29-22)24-11-3-5-15-4-1-8-19(12-15)26(27)28/h1-14H/b5-3-,24-11?. The van der Waals surface area contributed by atoms with Crippen LogP contribution in [0, 0.1) is 10.1 Å². The zero-order chi connectivity index (χ0) is 20.2. The molecule has 0 spiro atoms. The monoisotopic (exact) mass is 403 g/mol. The molecule has 6 nitrogen and oxygen atoms in total. The number of oxazole rings is 1. The van der Waals surface area contributed by atoms with Gasteiger partial charge in [0.05, 0.1) is 10.6 Å². The summed E-state index contributed by atoms with van der Waals surface area (Å²) in [5, 5.41) is 11.4. The molecule has 1 aromatic heterocycles. The third-order valence-electron chi connectivity index (χ3n) is 4.12. The first-order chi connectivity index (χ1) is 14.1. The van der Waals surface area contributed by atoms with Crippen LogP contribution < -0.4 is 0 Å². The summed E-state index contributed by atoms with van der Waals surface area (Å²) in [5.41, 5.74) is 3.65. The molecule has 4 rings (SSSR count). The summed E-state index contributed by atoms with van der Waals surface area (Å²) in [7, 11) is 0. The Morgan fingerprint density at radius 1 is 1.07 bits per heavy atom. The molecule has 0 N–H and O–H groups in total. The number of nitrogens with zero attached hydrogens (tertiary/aromatic N) is 3. The number of halogens is 1. The van der Waals surface area contributed by atoms with Gasteiger partial charge >= 0.3 is 0 Å². The number of fused-ring (bicyclic) bond motifs is 1. The Hall–Kier alpha value is -3.77. The van der Waals surface area contributed by atoms with Crippen LogP contribution in [0.15, 0.2) is 82.2 Å². The smallest absolute Gasteiger partial charge is 0.270 e. The molecule has 0 bridgehead atoms. The molecule has 0 fully saturated rings. The van der Waals surface area contributed by atoms with E-state index < -0.39 is 4.92 Å². The number of aromatic nitrogens is 1. The van der Waals surface area contributed by atoms with Crippen LogP contribution in [0.5, 0.6) is 0 Å². The number of non-ortho nitro benzene ring substituents is 1. The first-order valence-corrected chi connectivity index (χ1v) is 9.08. The van der Waals surface area contributed by atoms with Crippen LogP contribution in [-0.2, 0) is 0 Å². The lowest BCUT2D eigenvalue weighted by Crippen LogP contribution is -1.87. The largest absolute Gasteiger partial charge is 0.436 e. The van der Waals surface area contributed by atoms with Gasteiger partial charge in [-0.2, -0.15) is 0 Å². The van der Waals surface area contributed by atoms with Crippen molar-refractivity contribution in [2.45, 2.75) is 0 Å². The maximum atomic E-state index is 10.8. The molecule has 7 heteroatoms. The number of rotatable bonds is 5. The van der Waals surface area contributed by atoms with Crippen molar-refractivity contribution < 1.29 is 9.34 Å². The van der Waals surface area contributed by atoms with E-state index in [0.717, 1.165) is 11.1 Å². The van der Waals surface area contributed by atoms with E-state index in [1.165, 1.54) is 12.1 Å². The van der Waals surface area contributed by atoms with Crippen molar-refractivity contribution in [3.05, 3.63) is 93.5 Å². The molecular weight excluding hydrogens is 390 g/mol. The molecule has 1 heterocycles. The Labute approximate surface area is 170 Å². The Morgan fingerprint density at radius 3 is 2.76 bits per heavy atom. The minimum atomic E-state index is -0.420. The van der Waals surface area contributed by atoms with E-state index >= 15 is 0 Å². The molecule has 0 aliphatic rings. The van der Waals surface area contributed by atoms with E-state index in [2.05, 4.69) is 9.98 Å². The predicted molar refractivity (Wildman–Crippen MR) is 115 cm³/mol. The molecule has 0 unspecified atom stereocenters. The van der Waals surface area contributed by atoms with Crippen LogP contribution in [0.2, 0.25) is 5.02 Å². The lowest BCUT2D eigenvalue weighted by molar-refractivity contribution is -0.384. The second kappa shape index (κ2) is 8.08. The molecule has 0 atom stereocenters. The summed E-state index contributed by atoms with van der Waals surface area (Å²) in [6.07, 6.45) is 5.10. The normalized spacial score (nSPS) is 11.6. The van der Waals surface area contributed by atoms with E-state index in [1.54, 1.807) is 42.6 Å². The first kappa shape index (κ1) is 18.6. The summed E-state index contributed by atoms with van der Waals surface area (Å²) in [6, 6.07) is 19.2. The molecule has 0 amide bonds. The highest BCUT2D eigenvalue weighted by Crippen LogP contribution is 2.28. The third-order valence-corrected chi connectivity index (χ3v) is 4.36. The van der Waals surface area contributed by atoms with Gasteiger partial charge in [0.25, 0.3) is 5.69 Å². The minimum absolute atomic E-state index is 0.0519. The molecule has 0 aliphatic carbocycles. The minimum Gasteiger partial charge on any atom is -0.436 e. The van der Waals surface area contributed by atoms with E-state index in [-0.39, 0.29) is 5.69 Å². The summed E-state index contributed by atoms with van der Waals surface area (Å²) in [5.74, 6) is 0.495. The molecule has 0 aliphatic heterocycles. The molecule has 0 saturated carbocycles. The quantitative estimate of drug-likeness (QED) is 0.217. The molecule has 29 heavy (non-hydrogen) atoms. The highest BCUT2D eigenvalue weighted by molar-refractivity contribution is 6.30. The molecule has 142 valence electrons. The van der Waals surface area contributed by atoms with Crippen LogP contribution in [0.3, 0.4) is 0 Å². The molecule has 4 aromatic rings. The predicted octanol–water partition coefficient (Wildman–Crippen LogP) is 6.47. The fourth-order valence-corrected chi connectivity index (χ4v) is 2.96. The lowest BCUT2D eigenvalue weighted by Gasteiger charge is -1.94. The Balaban J connectivity index is 1.52. The van der Waals surface area contributed by atoms with Gasteiger partial charge in [-0.05, 0) is 48.0 Å². The molecule has 0 radical (unpaired) electrons. The van der Waals surface area contributed by atoms with E-state index in [0.29, 0.717) is 27.7 Å². The number of hydrogen-bond acceptors (Lipinski definition) is 5. The lowest BCUT2D eigenvalue weighted by atomic mass is 10.2. The first-order valence-electron chi connectivity index (χ1n) is 8.70. The second-order valence-electron chi connectivity index (χ2n) is 6.17. The van der Waals surface area contributed by atoms with Crippen LogP contribution in [0.25, 0.3) is 28.6 Å². The SMILES string of the molecule is O=[N+]([O-])c1cccc(/C=C\C=Nc2ccc3oc(-c4cccc(Cl)c4)nc3c2)c1. The number of nitro groups is 1. The third kappa shape index (κ3) is 4.39. The Morgan fingerprint density at radius 2 is 1.93 bits per heavy atom. The summed E-state index contributed by atoms with van der Waals surface area (Å²) >= 11 is 6.03. The maximum Gasteiger partial charge on any atom is 0.270 e. The van der Waals surface area contributed by atoms with Crippen molar-refractivity contribution in [2.75, 3.05) is 0 Å². The zero-order valence-corrected chi connectivity index (χ0v) is 15.8. The van der Waals surface area contributed by atoms with Gasteiger partial charge in [-0.3, -0.25) is 15.1 Å². The van der Waals surface area contributed by atoms with E-state index in [4.69, 9.17) is 16.0 Å². The molecule has 0 saturated heterocycles. The van der Waals surface area contributed by atoms with Crippen molar-refractivity contribution >= 4 is 46.4 Å². The van der Waals surface area contributed by atoms with Crippen LogP contribution >= 0.6 is 11.6 Å². The number of allylic oxidation sites excluding steroid dienone is 1. The summed E-state index contributed by atoms with van der Waals surface area (Å²) in [6.45, 7) is 0. The van der Waals surface area contributed by atoms with Crippen LogP contribution in [0.4, 0.5) is 11.4 Å². The topological polar surface area (TPSA) is 81.5 Å². The number of aliphatic imine (C=N–C) groups is 1. The number of nitro benzene ring substituents is 1. The second-order valence-corrected chi connectivity index (χ2v) is 6.61. The average Bonchev–Trinajstić information content (AvgIpc) is 3.15. The molecular formula is C22H14ClN3O3. The average molecular weight is 404 g/mol.